The topological polar surface area (TPSA) is 66.6 Å². The van der Waals surface area contributed by atoms with Gasteiger partial charge in [-0.1, -0.05) is 23.2 Å². The van der Waals surface area contributed by atoms with Gasteiger partial charge in [-0.15, -0.1) is 10.2 Å². The van der Waals surface area contributed by atoms with Gasteiger partial charge in [0, 0.05) is 41.8 Å². The third-order valence-corrected chi connectivity index (χ3v) is 4.89. The van der Waals surface area contributed by atoms with E-state index in [1.165, 1.54) is 10.8 Å². The molecule has 0 spiro atoms. The molecule has 2 aromatic heterocycles. The van der Waals surface area contributed by atoms with Crippen molar-refractivity contribution in [2.24, 2.45) is 0 Å². The number of fused-ring (bicyclic) bond motifs is 1. The molecule has 134 valence electrons. The zero-order chi connectivity index (χ0) is 18.3. The van der Waals surface area contributed by atoms with Gasteiger partial charge < -0.3 is 9.80 Å². The number of halogens is 2. The van der Waals surface area contributed by atoms with Crippen LogP contribution in [0.5, 0.6) is 0 Å². The monoisotopic (exact) mass is 390 g/mol. The largest absolute Gasteiger partial charge is 0.335 e. The summed E-state index contributed by atoms with van der Waals surface area (Å²) in [6.07, 6.45) is 1.48. The molecule has 0 N–H and O–H groups in total. The molecule has 0 saturated carbocycles. The average molecular weight is 391 g/mol. The summed E-state index contributed by atoms with van der Waals surface area (Å²) < 4.78 is 1.51. The molecule has 1 aliphatic rings. The van der Waals surface area contributed by atoms with E-state index in [1.807, 2.05) is 11.9 Å². The molecule has 1 amide bonds. The molecule has 0 aliphatic carbocycles. The number of nitrogens with zero attached hydrogens (tertiary/aromatic N) is 6. The molecular formula is C17H16Cl2N6O. The molecule has 3 aromatic rings. The number of benzene rings is 1. The second-order valence-corrected chi connectivity index (χ2v) is 7.17. The molecule has 7 nitrogen and oxygen atoms in total. The number of hydrogen-bond acceptors (Lipinski definition) is 5. The molecule has 1 fully saturated rings. The van der Waals surface area contributed by atoms with Crippen LogP contribution in [0.2, 0.25) is 10.0 Å². The summed E-state index contributed by atoms with van der Waals surface area (Å²) in [6, 6.07) is 6.95. The summed E-state index contributed by atoms with van der Waals surface area (Å²) in [5, 5.41) is 13.4. The highest BCUT2D eigenvalue weighted by atomic mass is 35.5. The number of rotatable bonds is 2. The van der Waals surface area contributed by atoms with Crippen molar-refractivity contribution in [2.45, 2.75) is 0 Å². The summed E-state index contributed by atoms with van der Waals surface area (Å²) in [6.45, 7) is 3.04. The van der Waals surface area contributed by atoms with Gasteiger partial charge in [0.2, 0.25) is 0 Å². The van der Waals surface area contributed by atoms with Gasteiger partial charge in [0.25, 0.3) is 5.91 Å². The number of likely N-dealkylation sites (N-methyl/N-ethyl adjacent to an activating group) is 1. The van der Waals surface area contributed by atoms with E-state index >= 15 is 0 Å². The first kappa shape index (κ1) is 17.2. The predicted molar refractivity (Wildman–Crippen MR) is 99.6 cm³/mol. The molecule has 26 heavy (non-hydrogen) atoms. The highest BCUT2D eigenvalue weighted by Gasteiger charge is 2.23. The first-order chi connectivity index (χ1) is 12.5. The fourth-order valence-corrected chi connectivity index (χ4v) is 3.55. The first-order valence-electron chi connectivity index (χ1n) is 8.16. The van der Waals surface area contributed by atoms with Crippen LogP contribution < -0.4 is 0 Å². The molecule has 1 aromatic carbocycles. The standard InChI is InChI=1S/C17H16Cl2N6O/c1-23-2-4-24(5-3-23)17(26)15-9-14(16-21-20-10-25(16)22-15)11-6-12(18)8-13(19)7-11/h6-10H,2-5H2,1H3. The van der Waals surface area contributed by atoms with Crippen LogP contribution in [0.4, 0.5) is 0 Å². The van der Waals surface area contributed by atoms with E-state index in [4.69, 9.17) is 23.2 Å². The fourth-order valence-electron chi connectivity index (χ4n) is 3.02. The normalized spacial score (nSPS) is 15.6. The zero-order valence-corrected chi connectivity index (χ0v) is 15.6. The van der Waals surface area contributed by atoms with Crippen LogP contribution >= 0.6 is 23.2 Å². The predicted octanol–water partition coefficient (Wildman–Crippen LogP) is 2.49. The number of aromatic nitrogens is 4. The van der Waals surface area contributed by atoms with Gasteiger partial charge in [0.1, 0.15) is 12.0 Å². The molecule has 1 saturated heterocycles. The van der Waals surface area contributed by atoms with Crippen molar-refractivity contribution in [2.75, 3.05) is 33.2 Å². The Morgan fingerprint density at radius 3 is 2.42 bits per heavy atom. The number of piperazine rings is 1. The maximum absolute atomic E-state index is 12.9. The van der Waals surface area contributed by atoms with Crippen molar-refractivity contribution in [1.29, 1.82) is 0 Å². The Kier molecular flexibility index (Phi) is 4.52. The van der Waals surface area contributed by atoms with Crippen molar-refractivity contribution in [3.63, 3.8) is 0 Å². The van der Waals surface area contributed by atoms with E-state index < -0.39 is 0 Å². The number of hydrogen-bond donors (Lipinski definition) is 0. The Labute approximate surface area is 160 Å². The Balaban J connectivity index is 1.79. The quantitative estimate of drug-likeness (QED) is 0.672. The SMILES string of the molecule is CN1CCN(C(=O)c2cc(-c3cc(Cl)cc(Cl)c3)c3nncn3n2)CC1. The molecule has 0 bridgehead atoms. The minimum Gasteiger partial charge on any atom is -0.335 e. The van der Waals surface area contributed by atoms with Crippen molar-refractivity contribution in [3.05, 3.63) is 46.3 Å². The second-order valence-electron chi connectivity index (χ2n) is 6.30. The van der Waals surface area contributed by atoms with Crippen LogP contribution in [0.3, 0.4) is 0 Å². The van der Waals surface area contributed by atoms with Crippen molar-refractivity contribution >= 4 is 34.8 Å². The Morgan fingerprint density at radius 2 is 1.73 bits per heavy atom. The van der Waals surface area contributed by atoms with Gasteiger partial charge in [-0.05, 0) is 36.9 Å². The minimum absolute atomic E-state index is 0.108. The third kappa shape index (κ3) is 3.25. The van der Waals surface area contributed by atoms with Crippen molar-refractivity contribution in [3.8, 4) is 11.1 Å². The lowest BCUT2D eigenvalue weighted by molar-refractivity contribution is 0.0657. The first-order valence-corrected chi connectivity index (χ1v) is 8.92. The lowest BCUT2D eigenvalue weighted by Crippen LogP contribution is -2.47. The molecule has 0 atom stereocenters. The van der Waals surface area contributed by atoms with E-state index in [1.54, 1.807) is 24.3 Å². The Morgan fingerprint density at radius 1 is 1.04 bits per heavy atom. The van der Waals surface area contributed by atoms with Crippen LogP contribution in [-0.2, 0) is 0 Å². The van der Waals surface area contributed by atoms with Gasteiger partial charge in [0.05, 0.1) is 0 Å². The number of carbonyl (C=O) groups is 1. The maximum Gasteiger partial charge on any atom is 0.274 e. The zero-order valence-electron chi connectivity index (χ0n) is 14.1. The van der Waals surface area contributed by atoms with E-state index in [0.717, 1.165) is 18.7 Å². The van der Waals surface area contributed by atoms with Gasteiger partial charge in [0.15, 0.2) is 5.65 Å². The van der Waals surface area contributed by atoms with Crippen LogP contribution in [0, 0.1) is 0 Å². The van der Waals surface area contributed by atoms with E-state index in [-0.39, 0.29) is 5.91 Å². The summed E-state index contributed by atoms with van der Waals surface area (Å²) in [5.41, 5.74) is 2.35. The molecule has 9 heteroatoms. The van der Waals surface area contributed by atoms with Crippen LogP contribution in [0.1, 0.15) is 10.5 Å². The van der Waals surface area contributed by atoms with E-state index in [9.17, 15) is 4.79 Å². The smallest absolute Gasteiger partial charge is 0.274 e. The van der Waals surface area contributed by atoms with Gasteiger partial charge >= 0.3 is 0 Å². The second kappa shape index (κ2) is 6.83. The van der Waals surface area contributed by atoms with Crippen LogP contribution in [-0.4, -0.2) is 68.7 Å². The summed E-state index contributed by atoms with van der Waals surface area (Å²) in [5.74, 6) is -0.108. The summed E-state index contributed by atoms with van der Waals surface area (Å²) >= 11 is 12.3. The molecular weight excluding hydrogens is 375 g/mol. The van der Waals surface area contributed by atoms with E-state index in [2.05, 4.69) is 20.2 Å². The Bertz CT molecular complexity index is 960. The molecule has 4 rings (SSSR count). The number of carbonyl (C=O) groups excluding carboxylic acids is 1. The highest BCUT2D eigenvalue weighted by molar-refractivity contribution is 6.35. The average Bonchev–Trinajstić information content (AvgIpc) is 3.08. The van der Waals surface area contributed by atoms with Gasteiger partial charge in [-0.2, -0.15) is 9.61 Å². The third-order valence-electron chi connectivity index (χ3n) is 4.45. The van der Waals surface area contributed by atoms with E-state index in [0.29, 0.717) is 40.0 Å². The van der Waals surface area contributed by atoms with Crippen molar-refractivity contribution < 1.29 is 4.79 Å². The fraction of sp³-hybridized carbons (Fsp3) is 0.294. The number of amides is 1. The van der Waals surface area contributed by atoms with Gasteiger partial charge in [-0.3, -0.25) is 4.79 Å². The summed E-state index contributed by atoms with van der Waals surface area (Å²) in [4.78, 5) is 16.9. The van der Waals surface area contributed by atoms with Crippen LogP contribution in [0.25, 0.3) is 16.8 Å². The lowest BCUT2D eigenvalue weighted by Gasteiger charge is -2.32. The van der Waals surface area contributed by atoms with Crippen molar-refractivity contribution in [1.82, 2.24) is 29.6 Å². The van der Waals surface area contributed by atoms with Crippen LogP contribution in [0.15, 0.2) is 30.6 Å². The Hall–Kier alpha value is -2.22. The molecule has 0 radical (unpaired) electrons. The highest BCUT2D eigenvalue weighted by Crippen LogP contribution is 2.30. The molecule has 0 unspecified atom stereocenters. The minimum atomic E-state index is -0.108. The maximum atomic E-state index is 12.9. The van der Waals surface area contributed by atoms with Gasteiger partial charge in [-0.25, -0.2) is 0 Å². The lowest BCUT2D eigenvalue weighted by atomic mass is 10.1. The molecule has 3 heterocycles. The summed E-state index contributed by atoms with van der Waals surface area (Å²) in [7, 11) is 2.05. The molecule has 1 aliphatic heterocycles.